The fraction of sp³-hybridized carbons (Fsp3) is 0.800. The first-order valence-electron chi connectivity index (χ1n) is 5.56. The third kappa shape index (κ3) is 3.99. The molecule has 1 heterocycles. The molecule has 6 nitrogen and oxygen atoms in total. The molecule has 1 amide bonds. The summed E-state index contributed by atoms with van der Waals surface area (Å²) in [7, 11) is -3.11. The summed E-state index contributed by atoms with van der Waals surface area (Å²) in [4.78, 5) is 23.8. The molecule has 1 N–H and O–H groups in total. The standard InChI is InChI=1S/C10H17NO5S/c1-2-4-11(6-9(12)13)10(14)8-3-5-17(15,16)7-8/h8H,2-7H2,1H3,(H,12,13). The van der Waals surface area contributed by atoms with E-state index in [1.807, 2.05) is 6.92 Å². The van der Waals surface area contributed by atoms with Crippen LogP contribution in [0.15, 0.2) is 0 Å². The Morgan fingerprint density at radius 1 is 1.41 bits per heavy atom. The van der Waals surface area contributed by atoms with Gasteiger partial charge in [0.05, 0.1) is 17.4 Å². The van der Waals surface area contributed by atoms with Gasteiger partial charge >= 0.3 is 5.97 Å². The van der Waals surface area contributed by atoms with Gasteiger partial charge in [-0.2, -0.15) is 0 Å². The summed E-state index contributed by atoms with van der Waals surface area (Å²) in [5.74, 6) is -2.11. The maximum atomic E-state index is 12.0. The number of aliphatic carboxylic acids is 1. The van der Waals surface area contributed by atoms with E-state index in [0.717, 1.165) is 0 Å². The van der Waals surface area contributed by atoms with Crippen molar-refractivity contribution < 1.29 is 23.1 Å². The van der Waals surface area contributed by atoms with E-state index in [2.05, 4.69) is 0 Å². The Bertz CT molecular complexity index is 403. The van der Waals surface area contributed by atoms with E-state index in [-0.39, 0.29) is 24.0 Å². The number of sulfone groups is 1. The molecular weight excluding hydrogens is 246 g/mol. The van der Waals surface area contributed by atoms with Crippen LogP contribution in [0.3, 0.4) is 0 Å². The molecule has 0 aliphatic carbocycles. The summed E-state index contributed by atoms with van der Waals surface area (Å²) >= 11 is 0. The van der Waals surface area contributed by atoms with Crippen LogP contribution < -0.4 is 0 Å². The van der Waals surface area contributed by atoms with Crippen molar-refractivity contribution in [3.63, 3.8) is 0 Å². The van der Waals surface area contributed by atoms with Gasteiger partial charge in [0.2, 0.25) is 5.91 Å². The smallest absolute Gasteiger partial charge is 0.323 e. The van der Waals surface area contributed by atoms with Crippen LogP contribution in [-0.4, -0.2) is 54.9 Å². The molecule has 1 aliphatic heterocycles. The number of carbonyl (C=O) groups excluding carboxylic acids is 1. The van der Waals surface area contributed by atoms with Gasteiger partial charge in [-0.1, -0.05) is 6.92 Å². The Balaban J connectivity index is 2.68. The molecule has 1 saturated heterocycles. The van der Waals surface area contributed by atoms with Crippen molar-refractivity contribution in [1.82, 2.24) is 4.90 Å². The van der Waals surface area contributed by atoms with Crippen molar-refractivity contribution in [2.45, 2.75) is 19.8 Å². The second-order valence-electron chi connectivity index (χ2n) is 4.25. The summed E-state index contributed by atoms with van der Waals surface area (Å²) in [5.41, 5.74) is 0. The van der Waals surface area contributed by atoms with Gasteiger partial charge in [0.15, 0.2) is 9.84 Å². The first kappa shape index (κ1) is 14.0. The van der Waals surface area contributed by atoms with Crippen LogP contribution in [0, 0.1) is 5.92 Å². The molecule has 17 heavy (non-hydrogen) atoms. The zero-order chi connectivity index (χ0) is 13.1. The Hall–Kier alpha value is -1.11. The summed E-state index contributed by atoms with van der Waals surface area (Å²) in [6.45, 7) is 1.83. The van der Waals surface area contributed by atoms with Crippen molar-refractivity contribution in [2.75, 3.05) is 24.6 Å². The van der Waals surface area contributed by atoms with Gasteiger partial charge in [-0.25, -0.2) is 8.42 Å². The largest absolute Gasteiger partial charge is 0.480 e. The predicted molar refractivity (Wildman–Crippen MR) is 61.3 cm³/mol. The molecule has 1 atom stereocenters. The lowest BCUT2D eigenvalue weighted by Crippen LogP contribution is -2.40. The summed E-state index contributed by atoms with van der Waals surface area (Å²) < 4.78 is 22.5. The first-order valence-corrected chi connectivity index (χ1v) is 7.39. The highest BCUT2D eigenvalue weighted by molar-refractivity contribution is 7.91. The van der Waals surface area contributed by atoms with Crippen LogP contribution in [-0.2, 0) is 19.4 Å². The van der Waals surface area contributed by atoms with Crippen molar-refractivity contribution in [3.05, 3.63) is 0 Å². The van der Waals surface area contributed by atoms with E-state index in [1.54, 1.807) is 0 Å². The van der Waals surface area contributed by atoms with Gasteiger partial charge in [0.25, 0.3) is 0 Å². The van der Waals surface area contributed by atoms with Crippen molar-refractivity contribution >= 4 is 21.7 Å². The molecule has 0 aromatic carbocycles. The molecule has 98 valence electrons. The fourth-order valence-corrected chi connectivity index (χ4v) is 3.68. The van der Waals surface area contributed by atoms with Gasteiger partial charge in [-0.05, 0) is 12.8 Å². The summed E-state index contributed by atoms with van der Waals surface area (Å²) in [6, 6.07) is 0. The van der Waals surface area contributed by atoms with E-state index >= 15 is 0 Å². The number of carbonyl (C=O) groups is 2. The van der Waals surface area contributed by atoms with Gasteiger partial charge in [0.1, 0.15) is 6.54 Å². The number of carboxylic acid groups (broad SMARTS) is 1. The van der Waals surface area contributed by atoms with Gasteiger partial charge in [-0.15, -0.1) is 0 Å². The van der Waals surface area contributed by atoms with E-state index < -0.39 is 21.7 Å². The zero-order valence-electron chi connectivity index (χ0n) is 9.76. The molecule has 0 aromatic heterocycles. The molecular formula is C10H17NO5S. The minimum absolute atomic E-state index is 0.0242. The maximum absolute atomic E-state index is 12.0. The third-order valence-electron chi connectivity index (χ3n) is 2.71. The minimum Gasteiger partial charge on any atom is -0.480 e. The number of hydrogen-bond acceptors (Lipinski definition) is 4. The van der Waals surface area contributed by atoms with Crippen LogP contribution in [0.25, 0.3) is 0 Å². The molecule has 0 aromatic rings. The molecule has 7 heteroatoms. The zero-order valence-corrected chi connectivity index (χ0v) is 10.6. The molecule has 0 bridgehead atoms. The second-order valence-corrected chi connectivity index (χ2v) is 6.48. The molecule has 1 unspecified atom stereocenters. The van der Waals surface area contributed by atoms with Crippen LogP contribution in [0.2, 0.25) is 0 Å². The normalized spacial score (nSPS) is 22.3. The van der Waals surface area contributed by atoms with Crippen LogP contribution in [0.5, 0.6) is 0 Å². The van der Waals surface area contributed by atoms with Crippen molar-refractivity contribution in [1.29, 1.82) is 0 Å². The Labute approximate surface area is 101 Å². The van der Waals surface area contributed by atoms with Gasteiger partial charge in [-0.3, -0.25) is 9.59 Å². The highest BCUT2D eigenvalue weighted by Crippen LogP contribution is 2.20. The molecule has 1 fully saturated rings. The average Bonchev–Trinajstić information content (AvgIpc) is 2.56. The monoisotopic (exact) mass is 263 g/mol. The van der Waals surface area contributed by atoms with Crippen molar-refractivity contribution in [3.8, 4) is 0 Å². The highest BCUT2D eigenvalue weighted by Gasteiger charge is 2.35. The molecule has 1 aliphatic rings. The molecule has 0 radical (unpaired) electrons. The SMILES string of the molecule is CCCN(CC(=O)O)C(=O)C1CCS(=O)(=O)C1. The van der Waals surface area contributed by atoms with Crippen LogP contribution in [0.4, 0.5) is 0 Å². The van der Waals surface area contributed by atoms with E-state index in [0.29, 0.717) is 19.4 Å². The molecule has 0 spiro atoms. The average molecular weight is 263 g/mol. The summed E-state index contributed by atoms with van der Waals surface area (Å²) in [6.07, 6.45) is 0.958. The summed E-state index contributed by atoms with van der Waals surface area (Å²) in [5, 5.41) is 8.69. The Kier molecular flexibility index (Phi) is 4.50. The second kappa shape index (κ2) is 5.48. The topological polar surface area (TPSA) is 91.8 Å². The number of hydrogen-bond donors (Lipinski definition) is 1. The number of carboxylic acids is 1. The van der Waals surface area contributed by atoms with E-state index in [9.17, 15) is 18.0 Å². The molecule has 1 rings (SSSR count). The fourth-order valence-electron chi connectivity index (χ4n) is 1.95. The van der Waals surface area contributed by atoms with Crippen LogP contribution >= 0.6 is 0 Å². The third-order valence-corrected chi connectivity index (χ3v) is 4.48. The first-order chi connectivity index (χ1) is 7.85. The van der Waals surface area contributed by atoms with Crippen LogP contribution in [0.1, 0.15) is 19.8 Å². The number of amides is 1. The lowest BCUT2D eigenvalue weighted by molar-refractivity contribution is -0.146. The van der Waals surface area contributed by atoms with E-state index in [4.69, 9.17) is 5.11 Å². The lowest BCUT2D eigenvalue weighted by atomic mass is 10.1. The predicted octanol–water partition coefficient (Wildman–Crippen LogP) is -0.256. The Morgan fingerprint density at radius 3 is 2.47 bits per heavy atom. The Morgan fingerprint density at radius 2 is 2.06 bits per heavy atom. The quantitative estimate of drug-likeness (QED) is 0.738. The number of nitrogens with zero attached hydrogens (tertiary/aromatic N) is 1. The lowest BCUT2D eigenvalue weighted by Gasteiger charge is -2.22. The maximum Gasteiger partial charge on any atom is 0.323 e. The molecule has 0 saturated carbocycles. The van der Waals surface area contributed by atoms with Crippen molar-refractivity contribution in [2.24, 2.45) is 5.92 Å². The number of rotatable bonds is 5. The van der Waals surface area contributed by atoms with E-state index in [1.165, 1.54) is 4.90 Å². The highest BCUT2D eigenvalue weighted by atomic mass is 32.2. The van der Waals surface area contributed by atoms with Gasteiger partial charge < -0.3 is 10.0 Å². The minimum atomic E-state index is -3.11. The van der Waals surface area contributed by atoms with Gasteiger partial charge in [0, 0.05) is 6.54 Å².